The lowest BCUT2D eigenvalue weighted by Crippen LogP contribution is -1.92. The number of epoxide rings is 3. The molecule has 3 aliphatic heterocycles. The summed E-state index contributed by atoms with van der Waals surface area (Å²) in [5.74, 6) is -2.81. The molecule has 3 fully saturated rings. The van der Waals surface area contributed by atoms with E-state index >= 15 is 0 Å². The largest absolute Gasteiger partial charge is 0.478 e. The Bertz CT molecular complexity index is 507. The van der Waals surface area contributed by atoms with Gasteiger partial charge in [-0.05, 0) is 20.8 Å². The lowest BCUT2D eigenvalue weighted by atomic mass is 10.4. The second-order valence-corrected chi connectivity index (χ2v) is 6.63. The molecule has 0 aromatic heterocycles. The van der Waals surface area contributed by atoms with Crippen LogP contribution in [0.3, 0.4) is 0 Å². The normalized spacial score (nSPS) is 12.8. The monoisotopic (exact) mass is 488 g/mol. The standard InChI is InChI=1S/3C4H6O2.3C2H4O.H3O4P/c3*1-3(2)4(5)6;3*1-2-3-1;1-5(2,3)4/h3*1H2,2H3,(H,5,6);3*1-2H2;(H3,1,2,3,4). The Kier molecular flexibility index (Phi) is 26.9. The molecule has 6 N–H and O–H groups in total. The molecule has 3 heterocycles. The van der Waals surface area contributed by atoms with Crippen LogP contribution in [-0.4, -0.2) is 87.5 Å². The Balaban J connectivity index is -0.000000145. The predicted molar refractivity (Wildman–Crippen MR) is 114 cm³/mol. The van der Waals surface area contributed by atoms with Crippen molar-refractivity contribution in [3.05, 3.63) is 36.5 Å². The molecule has 0 atom stereocenters. The molecule has 0 amide bonds. The molecule has 0 spiro atoms. The minimum Gasteiger partial charge on any atom is -0.478 e. The van der Waals surface area contributed by atoms with Gasteiger partial charge in [0.25, 0.3) is 0 Å². The molecule has 0 aromatic carbocycles. The zero-order valence-electron chi connectivity index (χ0n) is 18.4. The van der Waals surface area contributed by atoms with Crippen molar-refractivity contribution in [3.8, 4) is 0 Å². The third-order valence-electron chi connectivity index (χ3n) is 1.71. The third kappa shape index (κ3) is 123. The molecule has 3 saturated heterocycles. The Morgan fingerprint density at radius 2 is 0.656 bits per heavy atom. The molecule has 0 saturated carbocycles. The minimum atomic E-state index is -4.64. The maximum atomic E-state index is 9.60. The van der Waals surface area contributed by atoms with Crippen LogP contribution in [0.4, 0.5) is 0 Å². The van der Waals surface area contributed by atoms with Gasteiger partial charge < -0.3 is 44.2 Å². The van der Waals surface area contributed by atoms with E-state index in [1.54, 1.807) is 0 Å². The fourth-order valence-corrected chi connectivity index (χ4v) is 0. The number of hydrogen-bond acceptors (Lipinski definition) is 7. The van der Waals surface area contributed by atoms with Gasteiger partial charge in [-0.25, -0.2) is 18.9 Å². The summed E-state index contributed by atoms with van der Waals surface area (Å²) in [4.78, 5) is 50.4. The van der Waals surface area contributed by atoms with Crippen LogP contribution in [0.5, 0.6) is 0 Å². The molecular formula is C18H33O13P. The number of phosphoric acid groups is 1. The van der Waals surface area contributed by atoms with E-state index in [9.17, 15) is 14.4 Å². The lowest BCUT2D eigenvalue weighted by Gasteiger charge is -1.82. The highest BCUT2D eigenvalue weighted by atomic mass is 31.2. The molecule has 3 rings (SSSR count). The highest BCUT2D eigenvalue weighted by Crippen LogP contribution is 2.25. The van der Waals surface area contributed by atoms with E-state index in [-0.39, 0.29) is 16.7 Å². The van der Waals surface area contributed by atoms with Crippen LogP contribution in [0.2, 0.25) is 0 Å². The zero-order valence-corrected chi connectivity index (χ0v) is 19.2. The molecule has 0 bridgehead atoms. The van der Waals surface area contributed by atoms with E-state index in [1.807, 2.05) is 0 Å². The van der Waals surface area contributed by atoms with E-state index in [4.69, 9.17) is 34.6 Å². The smallest absolute Gasteiger partial charge is 0.466 e. The van der Waals surface area contributed by atoms with Gasteiger partial charge in [0.1, 0.15) is 0 Å². The first-order valence-corrected chi connectivity index (χ1v) is 10.2. The van der Waals surface area contributed by atoms with E-state index in [1.165, 1.54) is 20.8 Å². The number of carbonyl (C=O) groups is 3. The van der Waals surface area contributed by atoms with Crippen LogP contribution in [0.1, 0.15) is 20.8 Å². The van der Waals surface area contributed by atoms with Crippen molar-refractivity contribution < 1.29 is 63.2 Å². The summed E-state index contributed by atoms with van der Waals surface area (Å²) in [5.41, 5.74) is 0.528. The van der Waals surface area contributed by atoms with Crippen molar-refractivity contribution in [2.24, 2.45) is 0 Å². The molecule has 188 valence electrons. The number of aliphatic carboxylic acids is 3. The Hall–Kier alpha value is -2.38. The summed E-state index contributed by atoms with van der Waals surface area (Å²) in [6, 6.07) is 0. The number of carboxylic acids is 3. The minimum absolute atomic E-state index is 0.176. The highest BCUT2D eigenvalue weighted by Gasteiger charge is 2.00. The first kappa shape index (κ1) is 37.0. The Labute approximate surface area is 186 Å². The van der Waals surface area contributed by atoms with Crippen molar-refractivity contribution in [3.63, 3.8) is 0 Å². The van der Waals surface area contributed by atoms with E-state index in [0.717, 1.165) is 39.6 Å². The van der Waals surface area contributed by atoms with Gasteiger partial charge in [-0.3, -0.25) is 0 Å². The summed E-state index contributed by atoms with van der Waals surface area (Å²) in [5, 5.41) is 23.7. The molecule has 14 heteroatoms. The summed E-state index contributed by atoms with van der Waals surface area (Å²) >= 11 is 0. The molecule has 0 unspecified atom stereocenters. The SMILES string of the molecule is C1CO1.C1CO1.C1CO1.C=C(C)C(=O)O.C=C(C)C(=O)O.C=C(C)C(=O)O.O=P(O)(O)O. The highest BCUT2D eigenvalue weighted by molar-refractivity contribution is 7.45. The van der Waals surface area contributed by atoms with Gasteiger partial charge in [0, 0.05) is 16.7 Å². The number of carboxylic acid groups (broad SMARTS) is 3. The topological polar surface area (TPSA) is 227 Å². The van der Waals surface area contributed by atoms with Crippen molar-refractivity contribution in [2.75, 3.05) is 39.6 Å². The average Bonchev–Trinajstić information content (AvgIpc) is 3.48. The fourth-order valence-electron chi connectivity index (χ4n) is 0. The van der Waals surface area contributed by atoms with Crippen molar-refractivity contribution in [1.82, 2.24) is 0 Å². The van der Waals surface area contributed by atoms with Gasteiger partial charge in [-0.2, -0.15) is 0 Å². The maximum Gasteiger partial charge on any atom is 0.466 e. The quantitative estimate of drug-likeness (QED) is 0.186. The van der Waals surface area contributed by atoms with Gasteiger partial charge in [0.2, 0.25) is 0 Å². The van der Waals surface area contributed by atoms with E-state index in [0.29, 0.717) is 0 Å². The molecular weight excluding hydrogens is 455 g/mol. The van der Waals surface area contributed by atoms with Gasteiger partial charge >= 0.3 is 25.7 Å². The van der Waals surface area contributed by atoms with Crippen LogP contribution >= 0.6 is 7.82 Å². The molecule has 32 heavy (non-hydrogen) atoms. The van der Waals surface area contributed by atoms with Crippen LogP contribution in [0.15, 0.2) is 36.5 Å². The number of ether oxygens (including phenoxy) is 3. The summed E-state index contributed by atoms with van der Waals surface area (Å²) < 4.78 is 22.4. The maximum absolute atomic E-state index is 9.60. The van der Waals surface area contributed by atoms with Crippen LogP contribution in [0, 0.1) is 0 Å². The Morgan fingerprint density at radius 3 is 0.656 bits per heavy atom. The zero-order chi connectivity index (χ0) is 26.3. The van der Waals surface area contributed by atoms with E-state index < -0.39 is 25.7 Å². The van der Waals surface area contributed by atoms with Crippen molar-refractivity contribution >= 4 is 25.7 Å². The second kappa shape index (κ2) is 23.3. The molecule has 0 radical (unpaired) electrons. The molecule has 13 nitrogen and oxygen atoms in total. The number of rotatable bonds is 3. The first-order chi connectivity index (χ1) is 14.4. The van der Waals surface area contributed by atoms with Crippen LogP contribution < -0.4 is 0 Å². The first-order valence-electron chi connectivity index (χ1n) is 8.61. The van der Waals surface area contributed by atoms with Gasteiger partial charge in [-0.15, -0.1) is 0 Å². The van der Waals surface area contributed by atoms with Gasteiger partial charge in [0.15, 0.2) is 0 Å². The van der Waals surface area contributed by atoms with Gasteiger partial charge in [-0.1, -0.05) is 19.7 Å². The average molecular weight is 488 g/mol. The third-order valence-corrected chi connectivity index (χ3v) is 1.71. The fraction of sp³-hybridized carbons (Fsp3) is 0.500. The Morgan fingerprint density at radius 1 is 0.594 bits per heavy atom. The summed E-state index contributed by atoms with van der Waals surface area (Å²) in [6.07, 6.45) is 0. The van der Waals surface area contributed by atoms with Crippen LogP contribution in [0.25, 0.3) is 0 Å². The van der Waals surface area contributed by atoms with Crippen molar-refractivity contribution in [2.45, 2.75) is 20.8 Å². The molecule has 0 aromatic rings. The summed E-state index contributed by atoms with van der Waals surface area (Å²) in [6.45, 7) is 19.8. The molecule has 3 aliphatic rings. The van der Waals surface area contributed by atoms with Crippen molar-refractivity contribution in [1.29, 1.82) is 0 Å². The lowest BCUT2D eigenvalue weighted by molar-refractivity contribution is -0.133. The van der Waals surface area contributed by atoms with Gasteiger partial charge in [0.05, 0.1) is 39.6 Å². The van der Waals surface area contributed by atoms with E-state index in [2.05, 4.69) is 33.9 Å². The summed E-state index contributed by atoms with van der Waals surface area (Å²) in [7, 11) is -4.64. The second-order valence-electron chi connectivity index (χ2n) is 5.61. The predicted octanol–water partition coefficient (Wildman–Crippen LogP) is 1.06. The molecule has 0 aliphatic carbocycles. The van der Waals surface area contributed by atoms with Crippen LogP contribution in [-0.2, 0) is 33.2 Å². The number of hydrogen-bond donors (Lipinski definition) is 6.